The standard InChI is InChI=1S/C20H32N4O.HI/c1-5-10-20(2)11-7-12-24(15-20)19(22-4)23-14-16-8-6-9-17(13-16)18(25)21-3;/h6,8-9,13H,5,7,10-12,14-15H2,1-4H3,(H,21,25)(H,22,23);1H. The first-order valence-corrected chi connectivity index (χ1v) is 9.28. The van der Waals surface area contributed by atoms with Crippen LogP contribution < -0.4 is 10.6 Å². The topological polar surface area (TPSA) is 56.7 Å². The molecule has 0 radical (unpaired) electrons. The first-order valence-electron chi connectivity index (χ1n) is 9.28. The van der Waals surface area contributed by atoms with E-state index in [4.69, 9.17) is 0 Å². The SMILES string of the molecule is CCCC1(C)CCCN(C(=NC)NCc2cccc(C(=O)NC)c2)C1.I. The summed E-state index contributed by atoms with van der Waals surface area (Å²) in [6, 6.07) is 7.71. The van der Waals surface area contributed by atoms with Crippen LogP contribution in [-0.2, 0) is 6.54 Å². The highest BCUT2D eigenvalue weighted by atomic mass is 127. The molecule has 5 nitrogen and oxygen atoms in total. The average molecular weight is 472 g/mol. The van der Waals surface area contributed by atoms with Gasteiger partial charge in [0.2, 0.25) is 0 Å². The van der Waals surface area contributed by atoms with Crippen molar-refractivity contribution in [1.29, 1.82) is 0 Å². The fraction of sp³-hybridized carbons (Fsp3) is 0.600. The van der Waals surface area contributed by atoms with Crippen LogP contribution in [0.4, 0.5) is 0 Å². The van der Waals surface area contributed by atoms with Crippen LogP contribution in [0, 0.1) is 5.41 Å². The van der Waals surface area contributed by atoms with Gasteiger partial charge in [-0.05, 0) is 42.4 Å². The van der Waals surface area contributed by atoms with Gasteiger partial charge in [-0.2, -0.15) is 0 Å². The van der Waals surface area contributed by atoms with Crippen LogP contribution in [-0.4, -0.2) is 44.0 Å². The van der Waals surface area contributed by atoms with Crippen molar-refractivity contribution < 1.29 is 4.79 Å². The Bertz CT molecular complexity index is 616. The summed E-state index contributed by atoms with van der Waals surface area (Å²) < 4.78 is 0. The predicted molar refractivity (Wildman–Crippen MR) is 119 cm³/mol. The minimum absolute atomic E-state index is 0. The van der Waals surface area contributed by atoms with E-state index in [1.165, 1.54) is 25.7 Å². The largest absolute Gasteiger partial charge is 0.355 e. The number of hydrogen-bond donors (Lipinski definition) is 2. The third-order valence-electron chi connectivity index (χ3n) is 5.01. The zero-order chi connectivity index (χ0) is 18.3. The molecule has 1 unspecified atom stereocenters. The van der Waals surface area contributed by atoms with E-state index < -0.39 is 0 Å². The summed E-state index contributed by atoms with van der Waals surface area (Å²) in [5.74, 6) is 0.893. The zero-order valence-corrected chi connectivity index (χ0v) is 18.8. The van der Waals surface area contributed by atoms with Gasteiger partial charge in [0.05, 0.1) is 0 Å². The Morgan fingerprint density at radius 2 is 2.15 bits per heavy atom. The second-order valence-electron chi connectivity index (χ2n) is 7.27. The van der Waals surface area contributed by atoms with E-state index in [9.17, 15) is 4.79 Å². The smallest absolute Gasteiger partial charge is 0.251 e. The van der Waals surface area contributed by atoms with E-state index in [1.54, 1.807) is 7.05 Å². The van der Waals surface area contributed by atoms with Crippen LogP contribution >= 0.6 is 24.0 Å². The first-order chi connectivity index (χ1) is 12.0. The van der Waals surface area contributed by atoms with E-state index in [0.717, 1.165) is 24.6 Å². The van der Waals surface area contributed by atoms with Crippen LogP contribution in [0.1, 0.15) is 55.5 Å². The number of aliphatic imine (C=N–C) groups is 1. The van der Waals surface area contributed by atoms with Crippen LogP contribution in [0.2, 0.25) is 0 Å². The fourth-order valence-electron chi connectivity index (χ4n) is 3.78. The summed E-state index contributed by atoms with van der Waals surface area (Å²) in [6.07, 6.45) is 4.99. The summed E-state index contributed by atoms with van der Waals surface area (Å²) >= 11 is 0. The normalized spacial score (nSPS) is 20.3. The third kappa shape index (κ3) is 6.14. The Labute approximate surface area is 175 Å². The lowest BCUT2D eigenvalue weighted by molar-refractivity contribution is 0.0963. The lowest BCUT2D eigenvalue weighted by Gasteiger charge is -2.42. The van der Waals surface area contributed by atoms with Gasteiger partial charge in [0.15, 0.2) is 5.96 Å². The van der Waals surface area contributed by atoms with E-state index in [-0.39, 0.29) is 29.9 Å². The number of likely N-dealkylation sites (tertiary alicyclic amines) is 1. The maximum atomic E-state index is 11.8. The number of rotatable bonds is 5. The van der Waals surface area contributed by atoms with Crippen molar-refractivity contribution >= 4 is 35.8 Å². The van der Waals surface area contributed by atoms with Gasteiger partial charge in [-0.3, -0.25) is 9.79 Å². The molecule has 1 atom stereocenters. The molecule has 1 fully saturated rings. The van der Waals surface area contributed by atoms with E-state index in [2.05, 4.69) is 34.4 Å². The molecule has 1 aliphatic rings. The van der Waals surface area contributed by atoms with Gasteiger partial charge < -0.3 is 15.5 Å². The van der Waals surface area contributed by atoms with Crippen molar-refractivity contribution in [2.75, 3.05) is 27.2 Å². The lowest BCUT2D eigenvalue weighted by Crippen LogP contribution is -2.49. The summed E-state index contributed by atoms with van der Waals surface area (Å²) in [5, 5.41) is 6.13. The number of guanidine groups is 1. The maximum Gasteiger partial charge on any atom is 0.251 e. The molecule has 0 aliphatic carbocycles. The number of benzene rings is 1. The lowest BCUT2D eigenvalue weighted by atomic mass is 9.78. The summed E-state index contributed by atoms with van der Waals surface area (Å²) in [6.45, 7) is 7.42. The highest BCUT2D eigenvalue weighted by Crippen LogP contribution is 2.33. The molecule has 2 rings (SSSR count). The van der Waals surface area contributed by atoms with Gasteiger partial charge >= 0.3 is 0 Å². The number of hydrogen-bond acceptors (Lipinski definition) is 2. The molecular formula is C20H33IN4O. The van der Waals surface area contributed by atoms with E-state index in [0.29, 0.717) is 17.5 Å². The van der Waals surface area contributed by atoms with E-state index >= 15 is 0 Å². The Morgan fingerprint density at radius 3 is 2.81 bits per heavy atom. The number of halogens is 1. The number of carbonyl (C=O) groups excluding carboxylic acids is 1. The van der Waals surface area contributed by atoms with Crippen molar-refractivity contribution in [3.63, 3.8) is 0 Å². The Morgan fingerprint density at radius 1 is 1.38 bits per heavy atom. The second kappa shape index (κ2) is 10.7. The highest BCUT2D eigenvalue weighted by molar-refractivity contribution is 14.0. The molecule has 0 bridgehead atoms. The quantitative estimate of drug-likeness (QED) is 0.391. The second-order valence-corrected chi connectivity index (χ2v) is 7.27. The van der Waals surface area contributed by atoms with Crippen molar-refractivity contribution in [2.45, 2.75) is 46.1 Å². The van der Waals surface area contributed by atoms with Crippen LogP contribution in [0.25, 0.3) is 0 Å². The highest BCUT2D eigenvalue weighted by Gasteiger charge is 2.31. The molecule has 1 aromatic rings. The van der Waals surface area contributed by atoms with Gasteiger partial charge in [0, 0.05) is 39.3 Å². The molecule has 0 aromatic heterocycles. The molecule has 1 amide bonds. The minimum atomic E-state index is -0.0578. The number of piperidine rings is 1. The monoisotopic (exact) mass is 472 g/mol. The zero-order valence-electron chi connectivity index (χ0n) is 16.5. The molecule has 1 aliphatic heterocycles. The van der Waals surface area contributed by atoms with Gasteiger partial charge in [-0.1, -0.05) is 32.4 Å². The average Bonchev–Trinajstić information content (AvgIpc) is 2.62. The number of nitrogens with zero attached hydrogens (tertiary/aromatic N) is 2. The van der Waals surface area contributed by atoms with Crippen molar-refractivity contribution in [2.24, 2.45) is 10.4 Å². The number of nitrogens with one attached hydrogen (secondary N) is 2. The maximum absolute atomic E-state index is 11.8. The van der Waals surface area contributed by atoms with Crippen molar-refractivity contribution in [3.05, 3.63) is 35.4 Å². The Hall–Kier alpha value is -1.31. The molecule has 6 heteroatoms. The number of carbonyl (C=O) groups is 1. The number of amides is 1. The Kier molecular flexibility index (Phi) is 9.39. The molecule has 2 N–H and O–H groups in total. The molecular weight excluding hydrogens is 439 g/mol. The summed E-state index contributed by atoms with van der Waals surface area (Å²) in [4.78, 5) is 18.6. The first kappa shape index (κ1) is 22.7. The van der Waals surface area contributed by atoms with Crippen LogP contribution in [0.15, 0.2) is 29.3 Å². The van der Waals surface area contributed by atoms with E-state index in [1.807, 2.05) is 31.3 Å². The van der Waals surface area contributed by atoms with Crippen LogP contribution in [0.3, 0.4) is 0 Å². The Balaban J connectivity index is 0.00000338. The summed E-state index contributed by atoms with van der Waals surface area (Å²) in [5.41, 5.74) is 2.14. The van der Waals surface area contributed by atoms with Gasteiger partial charge in [-0.15, -0.1) is 24.0 Å². The molecule has 0 spiro atoms. The predicted octanol–water partition coefficient (Wildman–Crippen LogP) is 3.64. The molecule has 1 saturated heterocycles. The summed E-state index contributed by atoms with van der Waals surface area (Å²) in [7, 11) is 3.49. The molecule has 146 valence electrons. The third-order valence-corrected chi connectivity index (χ3v) is 5.01. The van der Waals surface area contributed by atoms with Gasteiger partial charge in [0.25, 0.3) is 5.91 Å². The fourth-order valence-corrected chi connectivity index (χ4v) is 3.78. The van der Waals surface area contributed by atoms with Gasteiger partial charge in [0.1, 0.15) is 0 Å². The van der Waals surface area contributed by atoms with Gasteiger partial charge in [-0.25, -0.2) is 0 Å². The molecule has 1 aromatic carbocycles. The van der Waals surface area contributed by atoms with Crippen molar-refractivity contribution in [3.8, 4) is 0 Å². The van der Waals surface area contributed by atoms with Crippen molar-refractivity contribution in [1.82, 2.24) is 15.5 Å². The van der Waals surface area contributed by atoms with Crippen LogP contribution in [0.5, 0.6) is 0 Å². The molecule has 26 heavy (non-hydrogen) atoms. The molecule has 0 saturated carbocycles. The minimum Gasteiger partial charge on any atom is -0.355 e. The molecule has 1 heterocycles.